The SMILES string of the molecule is CC(=O)c1cc(S(=O)(=O)N2CCCCC2C)ccc1C. The summed E-state index contributed by atoms with van der Waals surface area (Å²) in [6, 6.07) is 4.83. The highest BCUT2D eigenvalue weighted by Crippen LogP contribution is 2.26. The van der Waals surface area contributed by atoms with E-state index < -0.39 is 10.0 Å². The molecule has 1 aromatic rings. The highest BCUT2D eigenvalue weighted by molar-refractivity contribution is 7.89. The largest absolute Gasteiger partial charge is 0.295 e. The molecular weight excluding hydrogens is 274 g/mol. The first-order valence-electron chi connectivity index (χ1n) is 6.97. The number of hydrogen-bond acceptors (Lipinski definition) is 3. The van der Waals surface area contributed by atoms with Crippen LogP contribution in [0, 0.1) is 6.92 Å². The number of nitrogens with zero attached hydrogens (tertiary/aromatic N) is 1. The summed E-state index contributed by atoms with van der Waals surface area (Å²) in [5.41, 5.74) is 1.29. The van der Waals surface area contributed by atoms with Crippen molar-refractivity contribution in [1.29, 1.82) is 0 Å². The second-order valence-corrected chi connectivity index (χ2v) is 7.38. The molecule has 1 aliphatic heterocycles. The number of rotatable bonds is 3. The van der Waals surface area contributed by atoms with E-state index in [0.29, 0.717) is 12.1 Å². The van der Waals surface area contributed by atoms with Crippen molar-refractivity contribution >= 4 is 15.8 Å². The molecule has 5 heteroatoms. The topological polar surface area (TPSA) is 54.5 Å². The van der Waals surface area contributed by atoms with Gasteiger partial charge in [0.2, 0.25) is 10.0 Å². The molecular formula is C15H21NO3S. The molecule has 0 N–H and O–H groups in total. The van der Waals surface area contributed by atoms with Crippen LogP contribution in [0.2, 0.25) is 0 Å². The van der Waals surface area contributed by atoms with Gasteiger partial charge in [0.25, 0.3) is 0 Å². The maximum atomic E-state index is 12.7. The van der Waals surface area contributed by atoms with Gasteiger partial charge >= 0.3 is 0 Å². The van der Waals surface area contributed by atoms with Gasteiger partial charge in [-0.15, -0.1) is 0 Å². The molecule has 0 saturated carbocycles. The van der Waals surface area contributed by atoms with Crippen LogP contribution in [0.1, 0.15) is 49.0 Å². The Kier molecular flexibility index (Phi) is 4.30. The van der Waals surface area contributed by atoms with Crippen molar-refractivity contribution in [2.75, 3.05) is 6.54 Å². The molecule has 1 fully saturated rings. The van der Waals surface area contributed by atoms with Gasteiger partial charge in [0.15, 0.2) is 5.78 Å². The van der Waals surface area contributed by atoms with Gasteiger partial charge in [0.1, 0.15) is 0 Å². The van der Waals surface area contributed by atoms with E-state index in [4.69, 9.17) is 0 Å². The molecule has 1 aromatic carbocycles. The Morgan fingerprint density at radius 2 is 2.00 bits per heavy atom. The lowest BCUT2D eigenvalue weighted by Crippen LogP contribution is -2.41. The number of carbonyl (C=O) groups excluding carboxylic acids is 1. The molecule has 1 atom stereocenters. The Hall–Kier alpha value is -1.20. The fraction of sp³-hybridized carbons (Fsp3) is 0.533. The zero-order valence-electron chi connectivity index (χ0n) is 12.2. The first-order chi connectivity index (χ1) is 9.34. The van der Waals surface area contributed by atoms with Crippen molar-refractivity contribution in [3.05, 3.63) is 29.3 Å². The zero-order valence-corrected chi connectivity index (χ0v) is 13.0. The molecule has 0 aliphatic carbocycles. The summed E-state index contributed by atoms with van der Waals surface area (Å²) in [7, 11) is -3.50. The first-order valence-corrected chi connectivity index (χ1v) is 8.41. The average molecular weight is 295 g/mol. The van der Waals surface area contributed by atoms with Crippen molar-refractivity contribution in [2.24, 2.45) is 0 Å². The Morgan fingerprint density at radius 1 is 1.30 bits per heavy atom. The van der Waals surface area contributed by atoms with Crippen LogP contribution in [0.3, 0.4) is 0 Å². The highest BCUT2D eigenvalue weighted by Gasteiger charge is 2.31. The van der Waals surface area contributed by atoms with Crippen LogP contribution in [0.4, 0.5) is 0 Å². The Bertz CT molecular complexity index is 622. The van der Waals surface area contributed by atoms with Crippen LogP contribution >= 0.6 is 0 Å². The molecule has 0 bridgehead atoms. The minimum Gasteiger partial charge on any atom is -0.295 e. The second-order valence-electron chi connectivity index (χ2n) is 5.49. The van der Waals surface area contributed by atoms with E-state index in [1.54, 1.807) is 16.4 Å². The maximum Gasteiger partial charge on any atom is 0.243 e. The number of Topliss-reactive ketones (excluding diaryl/α,β-unsaturated/α-hetero) is 1. The molecule has 1 heterocycles. The van der Waals surface area contributed by atoms with Gasteiger partial charge in [0, 0.05) is 18.2 Å². The summed E-state index contributed by atoms with van der Waals surface area (Å²) in [5, 5.41) is 0. The number of ketones is 1. The van der Waals surface area contributed by atoms with E-state index in [1.165, 1.54) is 13.0 Å². The fourth-order valence-electron chi connectivity index (χ4n) is 2.71. The lowest BCUT2D eigenvalue weighted by molar-refractivity contribution is 0.101. The molecule has 1 unspecified atom stereocenters. The Morgan fingerprint density at radius 3 is 2.60 bits per heavy atom. The molecule has 20 heavy (non-hydrogen) atoms. The van der Waals surface area contributed by atoms with E-state index in [2.05, 4.69) is 0 Å². The van der Waals surface area contributed by atoms with Crippen LogP contribution in [-0.2, 0) is 10.0 Å². The molecule has 4 nitrogen and oxygen atoms in total. The highest BCUT2D eigenvalue weighted by atomic mass is 32.2. The molecule has 2 rings (SSSR count). The van der Waals surface area contributed by atoms with Crippen LogP contribution in [0.25, 0.3) is 0 Å². The number of sulfonamides is 1. The van der Waals surface area contributed by atoms with Crippen LogP contribution in [-0.4, -0.2) is 31.1 Å². The third kappa shape index (κ3) is 2.79. The molecule has 1 saturated heterocycles. The average Bonchev–Trinajstić information content (AvgIpc) is 2.38. The number of hydrogen-bond donors (Lipinski definition) is 0. The van der Waals surface area contributed by atoms with Crippen LogP contribution in [0.5, 0.6) is 0 Å². The van der Waals surface area contributed by atoms with E-state index in [9.17, 15) is 13.2 Å². The smallest absolute Gasteiger partial charge is 0.243 e. The predicted molar refractivity (Wildman–Crippen MR) is 78.4 cm³/mol. The molecule has 0 spiro atoms. The third-order valence-electron chi connectivity index (χ3n) is 3.94. The van der Waals surface area contributed by atoms with E-state index >= 15 is 0 Å². The summed E-state index contributed by atoms with van der Waals surface area (Å²) in [5.74, 6) is -0.105. The molecule has 1 aliphatic rings. The van der Waals surface area contributed by atoms with Crippen LogP contribution < -0.4 is 0 Å². The van der Waals surface area contributed by atoms with Crippen molar-refractivity contribution in [1.82, 2.24) is 4.31 Å². The number of aryl methyl sites for hydroxylation is 1. The first kappa shape index (κ1) is 15.2. The van der Waals surface area contributed by atoms with Crippen molar-refractivity contribution in [2.45, 2.75) is 51.0 Å². The van der Waals surface area contributed by atoms with Gasteiger partial charge in [-0.25, -0.2) is 8.42 Å². The molecule has 0 radical (unpaired) electrons. The summed E-state index contributed by atoms with van der Waals surface area (Å²) in [6.07, 6.45) is 2.86. The monoisotopic (exact) mass is 295 g/mol. The van der Waals surface area contributed by atoms with E-state index in [1.807, 2.05) is 13.8 Å². The zero-order chi connectivity index (χ0) is 14.9. The molecule has 110 valence electrons. The molecule has 0 amide bonds. The minimum absolute atomic E-state index is 0.0239. The summed E-state index contributed by atoms with van der Waals surface area (Å²) >= 11 is 0. The molecule has 0 aromatic heterocycles. The summed E-state index contributed by atoms with van der Waals surface area (Å²) in [4.78, 5) is 11.8. The van der Waals surface area contributed by atoms with Gasteiger partial charge in [-0.3, -0.25) is 4.79 Å². The third-order valence-corrected chi connectivity index (χ3v) is 5.95. The van der Waals surface area contributed by atoms with Crippen LogP contribution in [0.15, 0.2) is 23.1 Å². The quantitative estimate of drug-likeness (QED) is 0.806. The van der Waals surface area contributed by atoms with Crippen molar-refractivity contribution in [3.8, 4) is 0 Å². The Labute approximate surface area is 120 Å². The van der Waals surface area contributed by atoms with E-state index in [0.717, 1.165) is 24.8 Å². The maximum absolute atomic E-state index is 12.7. The standard InChI is InChI=1S/C15H21NO3S/c1-11-7-8-14(10-15(11)13(3)17)20(18,19)16-9-5-4-6-12(16)2/h7-8,10,12H,4-6,9H2,1-3H3. The van der Waals surface area contributed by atoms with Gasteiger partial charge in [-0.1, -0.05) is 12.5 Å². The summed E-state index contributed by atoms with van der Waals surface area (Å²) in [6.45, 7) is 5.78. The summed E-state index contributed by atoms with van der Waals surface area (Å²) < 4.78 is 27.0. The van der Waals surface area contributed by atoms with Gasteiger partial charge in [0.05, 0.1) is 4.90 Å². The van der Waals surface area contributed by atoms with Crippen molar-refractivity contribution < 1.29 is 13.2 Å². The number of piperidine rings is 1. The lowest BCUT2D eigenvalue weighted by atomic mass is 10.1. The number of benzene rings is 1. The second kappa shape index (κ2) is 5.66. The lowest BCUT2D eigenvalue weighted by Gasteiger charge is -2.32. The van der Waals surface area contributed by atoms with Gasteiger partial charge in [-0.2, -0.15) is 4.31 Å². The Balaban J connectivity index is 2.44. The van der Waals surface area contributed by atoms with Crippen molar-refractivity contribution in [3.63, 3.8) is 0 Å². The minimum atomic E-state index is -3.50. The predicted octanol–water partition coefficient (Wildman–Crippen LogP) is 2.76. The normalized spacial score (nSPS) is 20.9. The van der Waals surface area contributed by atoms with E-state index in [-0.39, 0.29) is 16.7 Å². The number of carbonyl (C=O) groups is 1. The fourth-order valence-corrected chi connectivity index (χ4v) is 4.43. The van der Waals surface area contributed by atoms with Gasteiger partial charge in [-0.05, 0) is 51.3 Å². The van der Waals surface area contributed by atoms with Gasteiger partial charge < -0.3 is 0 Å².